The molecule has 5 heteroatoms. The third-order valence-electron chi connectivity index (χ3n) is 3.35. The molecule has 4 nitrogen and oxygen atoms in total. The Morgan fingerprint density at radius 2 is 2.10 bits per heavy atom. The summed E-state index contributed by atoms with van der Waals surface area (Å²) < 4.78 is 10.1. The van der Waals surface area contributed by atoms with E-state index >= 15 is 0 Å². The zero-order chi connectivity index (χ0) is 14.8. The summed E-state index contributed by atoms with van der Waals surface area (Å²) in [4.78, 5) is 13.2. The van der Waals surface area contributed by atoms with Crippen molar-refractivity contribution >= 4 is 17.2 Å². The van der Waals surface area contributed by atoms with Gasteiger partial charge >= 0.3 is 0 Å². The lowest BCUT2D eigenvalue weighted by molar-refractivity contribution is -0.127. The predicted octanol–water partition coefficient (Wildman–Crippen LogP) is 3.00. The fourth-order valence-electron chi connectivity index (χ4n) is 2.17. The minimum absolute atomic E-state index is 0.0635. The van der Waals surface area contributed by atoms with Gasteiger partial charge in [-0.05, 0) is 17.4 Å². The number of hydrogen-bond acceptors (Lipinski definition) is 4. The zero-order valence-corrected chi connectivity index (χ0v) is 13.4. The molecule has 1 atom stereocenters. The second kappa shape index (κ2) is 9.91. The smallest absolute Gasteiger partial charge is 0.246 e. The summed E-state index contributed by atoms with van der Waals surface area (Å²) in [6, 6.07) is 4.19. The molecule has 114 valence electrons. The first kappa shape index (κ1) is 17.1. The first-order valence-corrected chi connectivity index (χ1v) is 8.00. The highest BCUT2D eigenvalue weighted by Crippen LogP contribution is 2.30. The number of carbonyl (C=O) groups excluding carboxylic acids is 1. The predicted molar refractivity (Wildman–Crippen MR) is 82.0 cm³/mol. The van der Waals surface area contributed by atoms with Crippen molar-refractivity contribution in [2.24, 2.45) is 5.92 Å². The molecule has 0 radical (unpaired) electrons. The average molecular weight is 299 g/mol. The first-order valence-electron chi connectivity index (χ1n) is 7.12. The minimum atomic E-state index is -0.0635. The van der Waals surface area contributed by atoms with E-state index in [2.05, 4.69) is 25.2 Å². The van der Waals surface area contributed by atoms with Gasteiger partial charge in [0.15, 0.2) is 0 Å². The largest absolute Gasteiger partial charge is 0.382 e. The fourth-order valence-corrected chi connectivity index (χ4v) is 3.04. The number of ether oxygens (including phenoxy) is 2. The molecule has 20 heavy (non-hydrogen) atoms. The average Bonchev–Trinajstić information content (AvgIpc) is 2.97. The van der Waals surface area contributed by atoms with E-state index in [0.29, 0.717) is 19.1 Å². The maximum absolute atomic E-state index is 12.0. The molecular formula is C15H25NO3S. The van der Waals surface area contributed by atoms with Gasteiger partial charge in [-0.3, -0.25) is 4.79 Å². The Labute approximate surface area is 125 Å². The summed E-state index contributed by atoms with van der Waals surface area (Å²) in [5.41, 5.74) is 0. The number of carbonyl (C=O) groups is 1. The van der Waals surface area contributed by atoms with Crippen LogP contribution in [0.1, 0.15) is 37.6 Å². The summed E-state index contributed by atoms with van der Waals surface area (Å²) in [6.45, 7) is 5.37. The summed E-state index contributed by atoms with van der Waals surface area (Å²) >= 11 is 1.69. The van der Waals surface area contributed by atoms with Crippen molar-refractivity contribution in [3.8, 4) is 0 Å². The van der Waals surface area contributed by atoms with Gasteiger partial charge in [0.05, 0.1) is 19.3 Å². The number of amides is 1. The first-order chi connectivity index (χ1) is 9.72. The van der Waals surface area contributed by atoms with Crippen molar-refractivity contribution in [3.63, 3.8) is 0 Å². The molecule has 0 saturated carbocycles. The van der Waals surface area contributed by atoms with Crippen LogP contribution in [0.25, 0.3) is 0 Å². The van der Waals surface area contributed by atoms with E-state index < -0.39 is 0 Å². The van der Waals surface area contributed by atoms with Crippen molar-refractivity contribution < 1.29 is 14.3 Å². The SMILES string of the molecule is CCC(CC)[C@H](NC(=O)COCCOC)c1cccs1. The Kier molecular flexibility index (Phi) is 8.49. The Hall–Kier alpha value is -0.910. The second-order valence-corrected chi connectivity index (χ2v) is 5.66. The van der Waals surface area contributed by atoms with Gasteiger partial charge in [0.2, 0.25) is 5.91 Å². The van der Waals surface area contributed by atoms with Crippen molar-refractivity contribution in [1.29, 1.82) is 0 Å². The van der Waals surface area contributed by atoms with E-state index in [1.807, 2.05) is 11.4 Å². The van der Waals surface area contributed by atoms with Gasteiger partial charge < -0.3 is 14.8 Å². The molecule has 0 bridgehead atoms. The normalized spacial score (nSPS) is 12.6. The highest BCUT2D eigenvalue weighted by Gasteiger charge is 2.23. The van der Waals surface area contributed by atoms with E-state index in [0.717, 1.165) is 12.8 Å². The van der Waals surface area contributed by atoms with E-state index in [9.17, 15) is 4.79 Å². The van der Waals surface area contributed by atoms with Gasteiger partial charge in [0.25, 0.3) is 0 Å². The van der Waals surface area contributed by atoms with Crippen molar-refractivity contribution in [2.45, 2.75) is 32.7 Å². The Morgan fingerprint density at radius 1 is 1.35 bits per heavy atom. The Morgan fingerprint density at radius 3 is 2.65 bits per heavy atom. The summed E-state index contributed by atoms with van der Waals surface area (Å²) in [6.07, 6.45) is 2.09. The van der Waals surface area contributed by atoms with Crippen LogP contribution in [-0.4, -0.2) is 32.8 Å². The van der Waals surface area contributed by atoms with Gasteiger partial charge in [-0.25, -0.2) is 0 Å². The van der Waals surface area contributed by atoms with Crippen LogP contribution in [0.3, 0.4) is 0 Å². The van der Waals surface area contributed by atoms with Crippen LogP contribution in [0.15, 0.2) is 17.5 Å². The van der Waals surface area contributed by atoms with Crippen molar-refractivity contribution in [3.05, 3.63) is 22.4 Å². The lowest BCUT2D eigenvalue weighted by Gasteiger charge is -2.25. The van der Waals surface area contributed by atoms with Crippen LogP contribution in [-0.2, 0) is 14.3 Å². The van der Waals surface area contributed by atoms with Gasteiger partial charge in [-0.15, -0.1) is 11.3 Å². The van der Waals surface area contributed by atoms with Gasteiger partial charge in [0.1, 0.15) is 6.61 Å². The molecule has 0 saturated heterocycles. The summed E-state index contributed by atoms with van der Waals surface area (Å²) in [5.74, 6) is 0.392. The molecule has 1 N–H and O–H groups in total. The topological polar surface area (TPSA) is 47.6 Å². The fraction of sp³-hybridized carbons (Fsp3) is 0.667. The van der Waals surface area contributed by atoms with Crippen LogP contribution in [0, 0.1) is 5.92 Å². The molecule has 0 aliphatic carbocycles. The van der Waals surface area contributed by atoms with Crippen LogP contribution in [0.5, 0.6) is 0 Å². The molecule has 1 rings (SSSR count). The van der Waals surface area contributed by atoms with Crippen LogP contribution in [0.4, 0.5) is 0 Å². The van der Waals surface area contributed by atoms with Crippen LogP contribution >= 0.6 is 11.3 Å². The molecule has 1 heterocycles. The number of thiophene rings is 1. The summed E-state index contributed by atoms with van der Waals surface area (Å²) in [7, 11) is 1.61. The van der Waals surface area contributed by atoms with Crippen molar-refractivity contribution in [2.75, 3.05) is 26.9 Å². The van der Waals surface area contributed by atoms with E-state index in [4.69, 9.17) is 9.47 Å². The minimum Gasteiger partial charge on any atom is -0.382 e. The monoisotopic (exact) mass is 299 g/mol. The maximum Gasteiger partial charge on any atom is 0.246 e. The Balaban J connectivity index is 2.54. The zero-order valence-electron chi connectivity index (χ0n) is 12.6. The van der Waals surface area contributed by atoms with E-state index in [1.165, 1.54) is 4.88 Å². The quantitative estimate of drug-likeness (QED) is 0.676. The molecule has 1 aromatic rings. The second-order valence-electron chi connectivity index (χ2n) is 4.68. The van der Waals surface area contributed by atoms with Gasteiger partial charge in [0, 0.05) is 12.0 Å². The molecule has 1 amide bonds. The van der Waals surface area contributed by atoms with E-state index in [-0.39, 0.29) is 18.6 Å². The number of methoxy groups -OCH3 is 1. The molecule has 0 unspecified atom stereocenters. The lowest BCUT2D eigenvalue weighted by atomic mass is 9.93. The van der Waals surface area contributed by atoms with Crippen molar-refractivity contribution in [1.82, 2.24) is 5.32 Å². The molecular weight excluding hydrogens is 274 g/mol. The highest BCUT2D eigenvalue weighted by atomic mass is 32.1. The van der Waals surface area contributed by atoms with Crippen LogP contribution < -0.4 is 5.32 Å². The molecule has 0 spiro atoms. The maximum atomic E-state index is 12.0. The van der Waals surface area contributed by atoms with Crippen LogP contribution in [0.2, 0.25) is 0 Å². The molecule has 0 aliphatic rings. The van der Waals surface area contributed by atoms with Gasteiger partial charge in [-0.1, -0.05) is 32.8 Å². The Bertz CT molecular complexity index is 363. The molecule has 1 aromatic heterocycles. The van der Waals surface area contributed by atoms with Gasteiger partial charge in [-0.2, -0.15) is 0 Å². The standard InChI is InChI=1S/C15H25NO3S/c1-4-12(5-2)15(13-7-6-10-20-13)16-14(17)11-19-9-8-18-3/h6-7,10,12,15H,4-5,8-9,11H2,1-3H3,(H,16,17)/t15-/m0/s1. The number of hydrogen-bond donors (Lipinski definition) is 1. The molecule has 0 aromatic carbocycles. The molecule has 0 fully saturated rings. The number of nitrogens with one attached hydrogen (secondary N) is 1. The highest BCUT2D eigenvalue weighted by molar-refractivity contribution is 7.10. The number of rotatable bonds is 10. The third-order valence-corrected chi connectivity index (χ3v) is 4.31. The van der Waals surface area contributed by atoms with E-state index in [1.54, 1.807) is 18.4 Å². The summed E-state index contributed by atoms with van der Waals surface area (Å²) in [5, 5.41) is 5.15. The lowest BCUT2D eigenvalue weighted by Crippen LogP contribution is -2.35. The molecule has 0 aliphatic heterocycles. The third kappa shape index (κ3) is 5.61.